The molecule has 0 spiro atoms. The Hall–Kier alpha value is -3.53. The monoisotopic (exact) mass is 392 g/mol. The summed E-state index contributed by atoms with van der Waals surface area (Å²) >= 11 is 0. The molecule has 150 valence electrons. The minimum Gasteiger partial charge on any atom is -0.497 e. The van der Waals surface area contributed by atoms with E-state index >= 15 is 0 Å². The summed E-state index contributed by atoms with van der Waals surface area (Å²) in [5.41, 5.74) is 2.46. The number of nitriles is 1. The molecule has 3 amide bonds. The highest BCUT2D eigenvalue weighted by atomic mass is 16.5. The normalized spacial score (nSPS) is 15.4. The molecule has 0 aliphatic carbocycles. The van der Waals surface area contributed by atoms with E-state index in [2.05, 4.69) is 16.7 Å². The predicted molar refractivity (Wildman–Crippen MR) is 109 cm³/mol. The Kier molecular flexibility index (Phi) is 6.69. The molecule has 2 aromatic rings. The van der Waals surface area contributed by atoms with Gasteiger partial charge in [0.15, 0.2) is 0 Å². The molecule has 1 fully saturated rings. The van der Waals surface area contributed by atoms with Crippen LogP contribution in [0.15, 0.2) is 48.5 Å². The van der Waals surface area contributed by atoms with Crippen molar-refractivity contribution in [2.75, 3.05) is 19.0 Å². The zero-order chi connectivity index (χ0) is 20.6. The number of hydrogen-bond acceptors (Lipinski definition) is 4. The first-order valence-corrected chi connectivity index (χ1v) is 9.55. The molecule has 2 N–H and O–H groups in total. The average molecular weight is 392 g/mol. The smallest absolute Gasteiger partial charge is 0.319 e. The Morgan fingerprint density at radius 3 is 2.48 bits per heavy atom. The molecular formula is C22H24N4O3. The summed E-state index contributed by atoms with van der Waals surface area (Å²) in [6.07, 6.45) is 1.87. The first kappa shape index (κ1) is 20.2. The number of amides is 3. The van der Waals surface area contributed by atoms with Gasteiger partial charge in [-0.25, -0.2) is 4.79 Å². The lowest BCUT2D eigenvalue weighted by Gasteiger charge is -2.19. The molecule has 0 unspecified atom stereocenters. The largest absolute Gasteiger partial charge is 0.497 e. The van der Waals surface area contributed by atoms with E-state index in [0.717, 1.165) is 29.7 Å². The summed E-state index contributed by atoms with van der Waals surface area (Å²) < 4.78 is 5.11. The van der Waals surface area contributed by atoms with Gasteiger partial charge in [0.25, 0.3) is 0 Å². The maximum absolute atomic E-state index is 12.4. The van der Waals surface area contributed by atoms with E-state index in [1.54, 1.807) is 24.1 Å². The van der Waals surface area contributed by atoms with E-state index in [1.165, 1.54) is 0 Å². The first-order chi connectivity index (χ1) is 14.1. The second-order valence-corrected chi connectivity index (χ2v) is 6.90. The Bertz CT molecular complexity index is 888. The van der Waals surface area contributed by atoms with Gasteiger partial charge in [0.1, 0.15) is 11.8 Å². The molecule has 7 nitrogen and oxygen atoms in total. The second-order valence-electron chi connectivity index (χ2n) is 6.90. The van der Waals surface area contributed by atoms with Crippen molar-refractivity contribution in [3.05, 3.63) is 59.7 Å². The summed E-state index contributed by atoms with van der Waals surface area (Å²) in [6.45, 7) is 1.05. The van der Waals surface area contributed by atoms with Gasteiger partial charge in [-0.15, -0.1) is 0 Å². The van der Waals surface area contributed by atoms with Gasteiger partial charge in [0.05, 0.1) is 19.6 Å². The lowest BCUT2D eigenvalue weighted by molar-refractivity contribution is -0.130. The molecule has 0 aromatic heterocycles. The van der Waals surface area contributed by atoms with Gasteiger partial charge in [-0.05, 0) is 48.2 Å². The van der Waals surface area contributed by atoms with Gasteiger partial charge >= 0.3 is 6.03 Å². The Labute approximate surface area is 170 Å². The lowest BCUT2D eigenvalue weighted by atomic mass is 10.1. The molecule has 0 radical (unpaired) electrons. The minimum absolute atomic E-state index is 0.0352. The lowest BCUT2D eigenvalue weighted by Crippen LogP contribution is -2.35. The van der Waals surface area contributed by atoms with Crippen molar-refractivity contribution in [3.8, 4) is 11.8 Å². The number of methoxy groups -OCH3 is 1. The van der Waals surface area contributed by atoms with Crippen molar-refractivity contribution in [3.63, 3.8) is 0 Å². The molecule has 0 bridgehead atoms. The van der Waals surface area contributed by atoms with Crippen LogP contribution in [0.5, 0.6) is 5.75 Å². The van der Waals surface area contributed by atoms with Crippen molar-refractivity contribution >= 4 is 17.6 Å². The van der Waals surface area contributed by atoms with E-state index in [0.29, 0.717) is 18.8 Å². The summed E-state index contributed by atoms with van der Waals surface area (Å²) in [5, 5.41) is 14.7. The van der Waals surface area contributed by atoms with Gasteiger partial charge in [-0.1, -0.05) is 24.3 Å². The fraction of sp³-hybridized carbons (Fsp3) is 0.318. The molecule has 1 aliphatic rings. The van der Waals surface area contributed by atoms with Crippen molar-refractivity contribution in [2.24, 2.45) is 0 Å². The zero-order valence-electron chi connectivity index (χ0n) is 16.4. The third kappa shape index (κ3) is 5.48. The standard InChI is InChI=1S/C22H24N4O3/c1-29-20-10-6-17(7-11-20)15-24-22(28)25-18-8-4-16(5-9-18)13-21(27)26-12-2-3-19(26)14-23/h4-11,19H,2-3,12-13,15H2,1H3,(H2,24,25,28)/t19-/m0/s1. The van der Waals surface area contributed by atoms with Gasteiger partial charge in [0, 0.05) is 18.8 Å². The Morgan fingerprint density at radius 1 is 1.14 bits per heavy atom. The summed E-state index contributed by atoms with van der Waals surface area (Å²) in [5.74, 6) is 0.733. The van der Waals surface area contributed by atoms with Gasteiger partial charge in [-0.2, -0.15) is 5.26 Å². The molecule has 1 aliphatic heterocycles. The SMILES string of the molecule is COc1ccc(CNC(=O)Nc2ccc(CC(=O)N3CCC[C@H]3C#N)cc2)cc1. The molecule has 7 heteroatoms. The molecule has 2 aromatic carbocycles. The molecule has 1 heterocycles. The highest BCUT2D eigenvalue weighted by molar-refractivity contribution is 5.89. The fourth-order valence-corrected chi connectivity index (χ4v) is 3.28. The number of benzene rings is 2. The maximum atomic E-state index is 12.4. The number of nitrogens with zero attached hydrogens (tertiary/aromatic N) is 2. The van der Waals surface area contributed by atoms with Crippen LogP contribution < -0.4 is 15.4 Å². The van der Waals surface area contributed by atoms with Crippen LogP contribution in [0, 0.1) is 11.3 Å². The number of nitrogens with one attached hydrogen (secondary N) is 2. The van der Waals surface area contributed by atoms with Gasteiger partial charge in [0.2, 0.25) is 5.91 Å². The molecule has 0 saturated carbocycles. The van der Waals surface area contributed by atoms with Gasteiger partial charge < -0.3 is 20.3 Å². The summed E-state index contributed by atoms with van der Waals surface area (Å²) in [7, 11) is 1.61. The molecule has 1 saturated heterocycles. The van der Waals surface area contributed by atoms with E-state index in [4.69, 9.17) is 10.00 Å². The number of hydrogen-bond donors (Lipinski definition) is 2. The summed E-state index contributed by atoms with van der Waals surface area (Å²) in [6, 6.07) is 16.2. The van der Waals surface area contributed by atoms with Crippen molar-refractivity contribution in [1.82, 2.24) is 10.2 Å². The van der Waals surface area contributed by atoms with E-state index in [9.17, 15) is 9.59 Å². The third-order valence-electron chi connectivity index (χ3n) is 4.90. The minimum atomic E-state index is -0.308. The number of ether oxygens (including phenoxy) is 1. The van der Waals surface area contributed by atoms with Crippen LogP contribution in [0.2, 0.25) is 0 Å². The van der Waals surface area contributed by atoms with Crippen LogP contribution in [0.3, 0.4) is 0 Å². The number of carbonyl (C=O) groups excluding carboxylic acids is 2. The number of likely N-dealkylation sites (tertiary alicyclic amines) is 1. The molecular weight excluding hydrogens is 368 g/mol. The quantitative estimate of drug-likeness (QED) is 0.790. The molecule has 3 rings (SSSR count). The van der Waals surface area contributed by atoms with Crippen LogP contribution in [-0.2, 0) is 17.8 Å². The second kappa shape index (κ2) is 9.60. The van der Waals surface area contributed by atoms with Crippen molar-refractivity contribution in [2.45, 2.75) is 31.8 Å². The maximum Gasteiger partial charge on any atom is 0.319 e. The molecule has 29 heavy (non-hydrogen) atoms. The third-order valence-corrected chi connectivity index (χ3v) is 4.90. The van der Waals surface area contributed by atoms with E-state index in [-0.39, 0.29) is 24.4 Å². The van der Waals surface area contributed by atoms with Crippen molar-refractivity contribution < 1.29 is 14.3 Å². The van der Waals surface area contributed by atoms with Crippen LogP contribution >= 0.6 is 0 Å². The average Bonchev–Trinajstić information content (AvgIpc) is 3.23. The molecule has 1 atom stereocenters. The topological polar surface area (TPSA) is 94.5 Å². The van der Waals surface area contributed by atoms with Crippen LogP contribution in [0.1, 0.15) is 24.0 Å². The highest BCUT2D eigenvalue weighted by Crippen LogP contribution is 2.18. The first-order valence-electron chi connectivity index (χ1n) is 9.55. The predicted octanol–water partition coefficient (Wildman–Crippen LogP) is 3.07. The Balaban J connectivity index is 1.47. The fourth-order valence-electron chi connectivity index (χ4n) is 3.28. The zero-order valence-corrected chi connectivity index (χ0v) is 16.4. The number of rotatable bonds is 6. The van der Waals surface area contributed by atoms with Crippen LogP contribution in [0.4, 0.5) is 10.5 Å². The van der Waals surface area contributed by atoms with Crippen LogP contribution in [0.25, 0.3) is 0 Å². The van der Waals surface area contributed by atoms with Crippen LogP contribution in [-0.4, -0.2) is 36.5 Å². The number of urea groups is 1. The van der Waals surface area contributed by atoms with Crippen molar-refractivity contribution in [1.29, 1.82) is 5.26 Å². The number of carbonyl (C=O) groups is 2. The van der Waals surface area contributed by atoms with Gasteiger partial charge in [-0.3, -0.25) is 4.79 Å². The Morgan fingerprint density at radius 2 is 1.83 bits per heavy atom. The highest BCUT2D eigenvalue weighted by Gasteiger charge is 2.28. The summed E-state index contributed by atoms with van der Waals surface area (Å²) in [4.78, 5) is 26.1. The van der Waals surface area contributed by atoms with E-state index in [1.807, 2.05) is 36.4 Å². The number of anilines is 1. The van der Waals surface area contributed by atoms with E-state index < -0.39 is 0 Å².